The minimum atomic E-state index is -1.83. The molecule has 1 aliphatic heterocycles. The molecule has 1 saturated heterocycles. The molecule has 1 heterocycles. The molecule has 0 spiro atoms. The molecule has 0 bridgehead atoms. The SMILES string of the molecule is CC(=O)O[C@H]1[C@H](O)[C@@H](O)[C@@H](O)[C@@H](O)[C@@H]1O[C@H]1O[C@H](CO)[C@@H](O)[C@H](O)[C@H]1N. The smallest absolute Gasteiger partial charge is 0.303 e. The van der Waals surface area contributed by atoms with Crippen molar-refractivity contribution in [2.45, 2.75) is 74.2 Å². The summed E-state index contributed by atoms with van der Waals surface area (Å²) in [7, 11) is 0. The molecule has 2 fully saturated rings. The van der Waals surface area contributed by atoms with Gasteiger partial charge in [0, 0.05) is 6.92 Å². The number of rotatable bonds is 4. The van der Waals surface area contributed by atoms with Crippen LogP contribution in [0.3, 0.4) is 0 Å². The molecular weight excluding hydrogens is 358 g/mol. The van der Waals surface area contributed by atoms with Crippen molar-refractivity contribution in [1.82, 2.24) is 0 Å². The van der Waals surface area contributed by atoms with Gasteiger partial charge in [-0.15, -0.1) is 0 Å². The lowest BCUT2D eigenvalue weighted by molar-refractivity contribution is -0.317. The molecule has 12 nitrogen and oxygen atoms in total. The molecule has 1 saturated carbocycles. The first-order chi connectivity index (χ1) is 12.1. The first kappa shape index (κ1) is 21.4. The Labute approximate surface area is 148 Å². The molecule has 11 atom stereocenters. The molecule has 0 aromatic rings. The maximum atomic E-state index is 11.3. The average molecular weight is 383 g/mol. The zero-order valence-corrected chi connectivity index (χ0v) is 13.9. The lowest BCUT2D eigenvalue weighted by atomic mass is 9.84. The Kier molecular flexibility index (Phi) is 6.90. The van der Waals surface area contributed by atoms with E-state index in [-0.39, 0.29) is 0 Å². The lowest BCUT2D eigenvalue weighted by Gasteiger charge is -2.47. The first-order valence-corrected chi connectivity index (χ1v) is 8.03. The van der Waals surface area contributed by atoms with Crippen LogP contribution in [-0.2, 0) is 19.0 Å². The quantitative estimate of drug-likeness (QED) is 0.214. The Morgan fingerprint density at radius 3 is 1.96 bits per heavy atom. The largest absolute Gasteiger partial charge is 0.457 e. The van der Waals surface area contributed by atoms with Crippen LogP contribution in [0.25, 0.3) is 0 Å². The van der Waals surface area contributed by atoms with Crippen molar-refractivity contribution in [2.24, 2.45) is 5.73 Å². The minimum Gasteiger partial charge on any atom is -0.457 e. The molecule has 152 valence electrons. The van der Waals surface area contributed by atoms with Gasteiger partial charge in [0.2, 0.25) is 0 Å². The van der Waals surface area contributed by atoms with Gasteiger partial charge in [0.15, 0.2) is 12.4 Å². The highest BCUT2D eigenvalue weighted by atomic mass is 16.7. The van der Waals surface area contributed by atoms with Crippen molar-refractivity contribution < 1.29 is 54.8 Å². The summed E-state index contributed by atoms with van der Waals surface area (Å²) in [5, 5.41) is 68.7. The van der Waals surface area contributed by atoms with Crippen LogP contribution in [-0.4, -0.2) is 116 Å². The lowest BCUT2D eigenvalue weighted by Crippen LogP contribution is -2.68. The van der Waals surface area contributed by atoms with E-state index in [0.717, 1.165) is 6.92 Å². The molecule has 0 aromatic carbocycles. The maximum absolute atomic E-state index is 11.3. The predicted octanol–water partition coefficient (Wildman–Crippen LogP) is -5.47. The Hall–Kier alpha value is -0.930. The Morgan fingerprint density at radius 1 is 0.923 bits per heavy atom. The molecule has 0 unspecified atom stereocenters. The van der Waals surface area contributed by atoms with Gasteiger partial charge in [-0.1, -0.05) is 0 Å². The van der Waals surface area contributed by atoms with Crippen LogP contribution in [0.4, 0.5) is 0 Å². The van der Waals surface area contributed by atoms with Crippen LogP contribution in [0.1, 0.15) is 6.92 Å². The second-order valence-electron chi connectivity index (χ2n) is 6.42. The van der Waals surface area contributed by atoms with Gasteiger partial charge in [-0.2, -0.15) is 0 Å². The van der Waals surface area contributed by atoms with E-state index in [0.29, 0.717) is 0 Å². The molecule has 2 aliphatic rings. The van der Waals surface area contributed by atoms with Crippen molar-refractivity contribution in [1.29, 1.82) is 0 Å². The van der Waals surface area contributed by atoms with Gasteiger partial charge in [-0.05, 0) is 0 Å². The van der Waals surface area contributed by atoms with E-state index >= 15 is 0 Å². The molecule has 0 radical (unpaired) electrons. The van der Waals surface area contributed by atoms with Crippen LogP contribution in [0.5, 0.6) is 0 Å². The summed E-state index contributed by atoms with van der Waals surface area (Å²) in [5.41, 5.74) is 5.73. The molecule has 26 heavy (non-hydrogen) atoms. The van der Waals surface area contributed by atoms with Crippen molar-refractivity contribution in [3.05, 3.63) is 0 Å². The van der Waals surface area contributed by atoms with Crippen molar-refractivity contribution in [3.63, 3.8) is 0 Å². The maximum Gasteiger partial charge on any atom is 0.303 e. The van der Waals surface area contributed by atoms with E-state index in [1.807, 2.05) is 0 Å². The van der Waals surface area contributed by atoms with Gasteiger partial charge in [0.25, 0.3) is 0 Å². The zero-order chi connectivity index (χ0) is 19.8. The molecule has 0 amide bonds. The van der Waals surface area contributed by atoms with Crippen LogP contribution in [0.2, 0.25) is 0 Å². The number of carbonyl (C=O) groups excluding carboxylic acids is 1. The van der Waals surface area contributed by atoms with Crippen molar-refractivity contribution in [2.75, 3.05) is 6.61 Å². The fourth-order valence-electron chi connectivity index (χ4n) is 3.05. The number of carbonyl (C=O) groups is 1. The standard InChI is InChI=1S/C14H25NO11/c1-3(17)24-12-10(22)8(20)9(21)11(23)13(12)26-14-5(15)7(19)6(18)4(2-16)25-14/h4-14,16,18-23H,2,15H2,1H3/t4-,5-,6-,7-,8+,9-,10-,11-,12+,13+,14-/m1/s1. The predicted molar refractivity (Wildman–Crippen MR) is 80.2 cm³/mol. The summed E-state index contributed by atoms with van der Waals surface area (Å²) in [6.45, 7) is 0.355. The van der Waals surface area contributed by atoms with E-state index in [2.05, 4.69) is 0 Å². The summed E-state index contributed by atoms with van der Waals surface area (Å²) in [6, 6.07) is -1.32. The normalized spacial score (nSPS) is 49.7. The number of hydrogen-bond donors (Lipinski definition) is 8. The molecule has 0 aromatic heterocycles. The monoisotopic (exact) mass is 383 g/mol. The Morgan fingerprint density at radius 2 is 1.46 bits per heavy atom. The minimum absolute atomic E-state index is 0.671. The number of esters is 1. The highest BCUT2D eigenvalue weighted by molar-refractivity contribution is 5.66. The molecule has 1 aliphatic carbocycles. The summed E-state index contributed by atoms with van der Waals surface area (Å²) < 4.78 is 15.6. The number of aliphatic hydroxyl groups excluding tert-OH is 7. The Balaban J connectivity index is 2.23. The third kappa shape index (κ3) is 3.99. The van der Waals surface area contributed by atoms with E-state index in [1.165, 1.54) is 0 Å². The highest BCUT2D eigenvalue weighted by Crippen LogP contribution is 2.30. The number of hydrogen-bond acceptors (Lipinski definition) is 12. The van der Waals surface area contributed by atoms with Gasteiger partial charge in [-0.3, -0.25) is 4.79 Å². The van der Waals surface area contributed by atoms with Gasteiger partial charge >= 0.3 is 5.97 Å². The fraction of sp³-hybridized carbons (Fsp3) is 0.929. The molecule has 2 rings (SSSR count). The summed E-state index contributed by atoms with van der Waals surface area (Å²) in [4.78, 5) is 11.3. The first-order valence-electron chi connectivity index (χ1n) is 8.03. The number of ether oxygens (including phenoxy) is 3. The van der Waals surface area contributed by atoms with Gasteiger partial charge < -0.3 is 55.7 Å². The van der Waals surface area contributed by atoms with Crippen LogP contribution in [0.15, 0.2) is 0 Å². The van der Waals surface area contributed by atoms with Gasteiger partial charge in [0.1, 0.15) is 48.8 Å². The van der Waals surface area contributed by atoms with Crippen LogP contribution in [0, 0.1) is 0 Å². The summed E-state index contributed by atoms with van der Waals surface area (Å²) in [5.74, 6) is -0.851. The number of nitrogens with two attached hydrogens (primary N) is 1. The molecule has 12 heteroatoms. The third-order valence-electron chi connectivity index (χ3n) is 4.57. The van der Waals surface area contributed by atoms with Crippen LogP contribution < -0.4 is 5.73 Å². The van der Waals surface area contributed by atoms with E-state index in [4.69, 9.17) is 19.9 Å². The summed E-state index contributed by atoms with van der Waals surface area (Å²) in [6.07, 6.45) is -16.2. The van der Waals surface area contributed by atoms with Gasteiger partial charge in [0.05, 0.1) is 12.6 Å². The topological polar surface area (TPSA) is 212 Å². The van der Waals surface area contributed by atoms with Crippen molar-refractivity contribution in [3.8, 4) is 0 Å². The van der Waals surface area contributed by atoms with E-state index < -0.39 is 79.8 Å². The number of aliphatic hydroxyl groups is 7. The fourth-order valence-corrected chi connectivity index (χ4v) is 3.05. The zero-order valence-electron chi connectivity index (χ0n) is 13.9. The van der Waals surface area contributed by atoms with Crippen molar-refractivity contribution >= 4 is 5.97 Å². The molecule has 9 N–H and O–H groups in total. The summed E-state index contributed by atoms with van der Waals surface area (Å²) >= 11 is 0. The average Bonchev–Trinajstić information content (AvgIpc) is 2.60. The second-order valence-corrected chi connectivity index (χ2v) is 6.42. The molecular formula is C14H25NO11. The second kappa shape index (κ2) is 8.39. The van der Waals surface area contributed by atoms with Crippen LogP contribution >= 0.6 is 0 Å². The Bertz CT molecular complexity index is 492. The van der Waals surface area contributed by atoms with E-state index in [1.54, 1.807) is 0 Å². The van der Waals surface area contributed by atoms with E-state index in [9.17, 15) is 40.5 Å². The highest BCUT2D eigenvalue weighted by Gasteiger charge is 2.54. The van der Waals surface area contributed by atoms with Gasteiger partial charge in [-0.25, -0.2) is 0 Å². The third-order valence-corrected chi connectivity index (χ3v) is 4.57.